The highest BCUT2D eigenvalue weighted by molar-refractivity contribution is 6.16. The lowest BCUT2D eigenvalue weighted by molar-refractivity contribution is 0.0998. The van der Waals surface area contributed by atoms with Gasteiger partial charge in [-0.05, 0) is 74.1 Å². The first-order valence-electron chi connectivity index (χ1n) is 12.5. The van der Waals surface area contributed by atoms with Crippen molar-refractivity contribution >= 4 is 17.2 Å². The summed E-state index contributed by atoms with van der Waals surface area (Å²) in [5, 5.41) is 6.97. The normalized spacial score (nSPS) is 17.5. The number of aromatic nitrogens is 1. The monoisotopic (exact) mass is 468 g/mol. The molecule has 6 heteroatoms. The van der Waals surface area contributed by atoms with E-state index in [0.29, 0.717) is 30.3 Å². The summed E-state index contributed by atoms with van der Waals surface area (Å²) in [6.07, 6.45) is 5.35. The second-order valence-electron chi connectivity index (χ2n) is 9.37. The van der Waals surface area contributed by atoms with E-state index in [1.165, 1.54) is 24.0 Å². The second-order valence-corrected chi connectivity index (χ2v) is 9.37. The summed E-state index contributed by atoms with van der Waals surface area (Å²) in [5.74, 6) is 1.49. The van der Waals surface area contributed by atoms with Crippen molar-refractivity contribution in [1.29, 1.82) is 0 Å². The molecule has 2 aliphatic heterocycles. The largest absolute Gasteiger partial charge is 0.488 e. The molecule has 180 valence electrons. The zero-order valence-electron chi connectivity index (χ0n) is 20.0. The van der Waals surface area contributed by atoms with Crippen molar-refractivity contribution in [3.8, 4) is 5.75 Å². The number of pyridine rings is 1. The standard InChI is InChI=1S/C29H32N4O2/c34-28-16-24(20-35-25-10-8-22(9-11-25)15-21-5-2-1-3-6-21)33-29-26(28)12-14-32-27(29)19-31-18-23-7-4-13-30-17-23/h1-3,5-6,8-12,14,23,30-31H,4,7,13,15-20H2/t23-/m0/s1. The Morgan fingerprint density at radius 3 is 2.66 bits per heavy atom. The molecule has 0 bridgehead atoms. The van der Waals surface area contributed by atoms with Crippen LogP contribution in [0.2, 0.25) is 0 Å². The molecule has 1 fully saturated rings. The first kappa shape index (κ1) is 23.4. The molecule has 3 aromatic rings. The van der Waals surface area contributed by atoms with Crippen molar-refractivity contribution in [3.05, 3.63) is 89.2 Å². The SMILES string of the molecule is O=C1CC(COc2ccc(Cc3ccccc3)cc2)=Nc2c1ccnc2CNC[C@H]1CCCNC1. The van der Waals surface area contributed by atoms with Crippen LogP contribution in [0.25, 0.3) is 0 Å². The minimum absolute atomic E-state index is 0.0759. The van der Waals surface area contributed by atoms with Gasteiger partial charge in [0.05, 0.1) is 23.5 Å². The van der Waals surface area contributed by atoms with E-state index in [1.54, 1.807) is 12.3 Å². The van der Waals surface area contributed by atoms with E-state index in [2.05, 4.69) is 52.0 Å². The molecule has 0 unspecified atom stereocenters. The molecule has 2 aromatic carbocycles. The molecule has 0 aliphatic carbocycles. The van der Waals surface area contributed by atoms with Crippen LogP contribution in [-0.2, 0) is 13.0 Å². The van der Waals surface area contributed by atoms with E-state index in [9.17, 15) is 4.79 Å². The number of fused-ring (bicyclic) bond motifs is 1. The van der Waals surface area contributed by atoms with Gasteiger partial charge in [-0.2, -0.15) is 0 Å². The van der Waals surface area contributed by atoms with Crippen LogP contribution < -0.4 is 15.4 Å². The van der Waals surface area contributed by atoms with E-state index in [-0.39, 0.29) is 12.2 Å². The molecule has 2 aliphatic rings. The van der Waals surface area contributed by atoms with Crippen LogP contribution in [0.3, 0.4) is 0 Å². The van der Waals surface area contributed by atoms with Crippen molar-refractivity contribution in [1.82, 2.24) is 15.6 Å². The number of ether oxygens (including phenoxy) is 1. The van der Waals surface area contributed by atoms with Crippen molar-refractivity contribution in [2.24, 2.45) is 10.9 Å². The van der Waals surface area contributed by atoms with Gasteiger partial charge in [0, 0.05) is 18.3 Å². The Morgan fingerprint density at radius 1 is 1.03 bits per heavy atom. The van der Waals surface area contributed by atoms with Crippen LogP contribution >= 0.6 is 0 Å². The Balaban J connectivity index is 1.20. The fourth-order valence-electron chi connectivity index (χ4n) is 4.73. The molecule has 6 nitrogen and oxygen atoms in total. The van der Waals surface area contributed by atoms with Gasteiger partial charge in [-0.15, -0.1) is 0 Å². The van der Waals surface area contributed by atoms with Crippen molar-refractivity contribution in [3.63, 3.8) is 0 Å². The number of ketones is 1. The summed E-state index contributed by atoms with van der Waals surface area (Å²) >= 11 is 0. The van der Waals surface area contributed by atoms with E-state index in [1.807, 2.05) is 18.2 Å². The Labute approximate surface area is 206 Å². The number of carbonyl (C=O) groups excluding carboxylic acids is 1. The zero-order valence-corrected chi connectivity index (χ0v) is 20.0. The fraction of sp³-hybridized carbons (Fsp3) is 0.345. The highest BCUT2D eigenvalue weighted by Crippen LogP contribution is 2.29. The number of Topliss-reactive ketones (excluding diaryl/α,β-unsaturated/α-hetero) is 1. The third-order valence-electron chi connectivity index (χ3n) is 6.64. The number of carbonyl (C=O) groups is 1. The summed E-state index contributed by atoms with van der Waals surface area (Å²) in [6.45, 7) is 4.00. The lowest BCUT2D eigenvalue weighted by Crippen LogP contribution is -2.36. The molecule has 5 rings (SSSR count). The Kier molecular flexibility index (Phi) is 7.61. The lowest BCUT2D eigenvalue weighted by Gasteiger charge is -2.23. The minimum Gasteiger partial charge on any atom is -0.488 e. The average molecular weight is 469 g/mol. The number of hydrogen-bond acceptors (Lipinski definition) is 6. The molecular formula is C29H32N4O2. The van der Waals surface area contributed by atoms with Crippen molar-refractivity contribution in [2.45, 2.75) is 32.2 Å². The van der Waals surface area contributed by atoms with Crippen LogP contribution in [0.5, 0.6) is 5.75 Å². The maximum absolute atomic E-state index is 12.8. The zero-order chi connectivity index (χ0) is 23.9. The number of nitrogens with one attached hydrogen (secondary N) is 2. The Hall–Kier alpha value is -3.35. The molecule has 0 spiro atoms. The Morgan fingerprint density at radius 2 is 1.86 bits per heavy atom. The molecule has 1 saturated heterocycles. The third-order valence-corrected chi connectivity index (χ3v) is 6.64. The van der Waals surface area contributed by atoms with Gasteiger partial charge in [0.1, 0.15) is 12.4 Å². The molecule has 0 amide bonds. The maximum atomic E-state index is 12.8. The van der Waals surface area contributed by atoms with Crippen LogP contribution in [0.4, 0.5) is 5.69 Å². The third kappa shape index (κ3) is 6.21. The van der Waals surface area contributed by atoms with E-state index < -0.39 is 0 Å². The average Bonchev–Trinajstić information content (AvgIpc) is 2.90. The highest BCUT2D eigenvalue weighted by atomic mass is 16.5. The highest BCUT2D eigenvalue weighted by Gasteiger charge is 2.23. The summed E-state index contributed by atoms with van der Waals surface area (Å²) in [6, 6.07) is 20.3. The quantitative estimate of drug-likeness (QED) is 0.484. The molecule has 3 heterocycles. The van der Waals surface area contributed by atoms with Gasteiger partial charge in [0.15, 0.2) is 5.78 Å². The molecule has 0 radical (unpaired) electrons. The van der Waals surface area contributed by atoms with E-state index in [4.69, 9.17) is 9.73 Å². The van der Waals surface area contributed by atoms with Gasteiger partial charge in [0.25, 0.3) is 0 Å². The van der Waals surface area contributed by atoms with E-state index >= 15 is 0 Å². The van der Waals surface area contributed by atoms with Gasteiger partial charge in [-0.25, -0.2) is 0 Å². The molecule has 2 N–H and O–H groups in total. The van der Waals surface area contributed by atoms with Gasteiger partial charge in [-0.1, -0.05) is 42.5 Å². The number of nitrogens with zero attached hydrogens (tertiary/aromatic N) is 2. The number of aliphatic imine (C=N–C) groups is 1. The van der Waals surface area contributed by atoms with Gasteiger partial charge < -0.3 is 15.4 Å². The second kappa shape index (κ2) is 11.4. The topological polar surface area (TPSA) is 75.6 Å². The smallest absolute Gasteiger partial charge is 0.170 e. The fourth-order valence-corrected chi connectivity index (χ4v) is 4.73. The van der Waals surface area contributed by atoms with Crippen molar-refractivity contribution in [2.75, 3.05) is 26.2 Å². The molecular weight excluding hydrogens is 436 g/mol. The number of hydrogen-bond donors (Lipinski definition) is 2. The number of rotatable bonds is 9. The van der Waals surface area contributed by atoms with Crippen LogP contribution in [0.1, 0.15) is 46.4 Å². The van der Waals surface area contributed by atoms with Crippen LogP contribution in [0.15, 0.2) is 71.9 Å². The summed E-state index contributed by atoms with van der Waals surface area (Å²) in [7, 11) is 0. The maximum Gasteiger partial charge on any atom is 0.170 e. The molecule has 1 atom stereocenters. The lowest BCUT2D eigenvalue weighted by atomic mass is 9.99. The molecule has 0 saturated carbocycles. The predicted molar refractivity (Wildman–Crippen MR) is 139 cm³/mol. The molecule has 35 heavy (non-hydrogen) atoms. The molecule has 1 aromatic heterocycles. The summed E-state index contributed by atoms with van der Waals surface area (Å²) < 4.78 is 5.99. The first-order valence-corrected chi connectivity index (χ1v) is 12.5. The van der Waals surface area contributed by atoms with Crippen molar-refractivity contribution < 1.29 is 9.53 Å². The number of benzene rings is 2. The predicted octanol–water partition coefficient (Wildman–Crippen LogP) is 4.50. The summed E-state index contributed by atoms with van der Waals surface area (Å²) in [4.78, 5) is 22.1. The van der Waals surface area contributed by atoms with Gasteiger partial charge in [-0.3, -0.25) is 14.8 Å². The van der Waals surface area contributed by atoms with Gasteiger partial charge >= 0.3 is 0 Å². The number of piperidine rings is 1. The van der Waals surface area contributed by atoms with Gasteiger partial charge in [0.2, 0.25) is 0 Å². The minimum atomic E-state index is 0.0759. The summed E-state index contributed by atoms with van der Waals surface area (Å²) in [5.41, 5.74) is 5.42. The Bertz CT molecular complexity index is 1170. The van der Waals surface area contributed by atoms with Crippen LogP contribution in [-0.4, -0.2) is 42.7 Å². The van der Waals surface area contributed by atoms with Crippen LogP contribution in [0, 0.1) is 5.92 Å². The van der Waals surface area contributed by atoms with E-state index in [0.717, 1.165) is 43.2 Å². The first-order chi connectivity index (χ1) is 17.2.